The van der Waals surface area contributed by atoms with Gasteiger partial charge in [-0.3, -0.25) is 4.79 Å². The number of thiocarbonyl (C=S) groups is 1. The van der Waals surface area contributed by atoms with Crippen molar-refractivity contribution in [3.8, 4) is 11.5 Å². The summed E-state index contributed by atoms with van der Waals surface area (Å²) < 4.78 is 11.7. The highest BCUT2D eigenvalue weighted by molar-refractivity contribution is 7.80. The normalized spacial score (nSPS) is 11.1. The van der Waals surface area contributed by atoms with Gasteiger partial charge in [-0.05, 0) is 86.8 Å². The summed E-state index contributed by atoms with van der Waals surface area (Å²) in [6, 6.07) is 13.8. The zero-order valence-corrected chi connectivity index (χ0v) is 22.1. The van der Waals surface area contributed by atoms with E-state index in [0.717, 1.165) is 42.2 Å². The lowest BCUT2D eigenvalue weighted by Gasteiger charge is -2.24. The molecule has 186 valence electrons. The van der Waals surface area contributed by atoms with Crippen LogP contribution in [0.5, 0.6) is 11.5 Å². The molecule has 0 saturated heterocycles. The highest BCUT2D eigenvalue weighted by Gasteiger charge is 2.27. The molecule has 2 aromatic carbocycles. The largest absolute Gasteiger partial charge is 0.494 e. The average Bonchev–Trinajstić information content (AvgIpc) is 2.79. The van der Waals surface area contributed by atoms with Crippen molar-refractivity contribution in [3.63, 3.8) is 0 Å². The number of nitrogens with one attached hydrogen (secondary N) is 2. The topological polar surface area (TPSA) is 59.6 Å². The molecule has 5 nitrogen and oxygen atoms in total. The Hall–Kier alpha value is -2.60. The number of carbonyl (C=O) groups is 1. The van der Waals surface area contributed by atoms with E-state index in [-0.39, 0.29) is 11.0 Å². The molecule has 0 bridgehead atoms. The number of anilines is 1. The number of amides is 1. The minimum absolute atomic E-state index is 0.108. The quantitative estimate of drug-likeness (QED) is 0.238. The Kier molecular flexibility index (Phi) is 11.3. The Morgan fingerprint density at radius 3 is 2.35 bits per heavy atom. The molecule has 34 heavy (non-hydrogen) atoms. The van der Waals surface area contributed by atoms with Crippen molar-refractivity contribution >= 4 is 28.9 Å². The van der Waals surface area contributed by atoms with Crippen LogP contribution in [0.25, 0.3) is 0 Å². The van der Waals surface area contributed by atoms with Gasteiger partial charge in [0.2, 0.25) is 5.91 Å². The van der Waals surface area contributed by atoms with E-state index in [0.29, 0.717) is 13.0 Å². The molecule has 0 aromatic heterocycles. The Morgan fingerprint density at radius 1 is 0.941 bits per heavy atom. The van der Waals surface area contributed by atoms with Crippen molar-refractivity contribution in [1.29, 1.82) is 0 Å². The van der Waals surface area contributed by atoms with Gasteiger partial charge in [0.1, 0.15) is 11.5 Å². The van der Waals surface area contributed by atoms with Crippen molar-refractivity contribution in [1.82, 2.24) is 5.32 Å². The van der Waals surface area contributed by atoms with Gasteiger partial charge in [0.25, 0.3) is 0 Å². The zero-order chi connectivity index (χ0) is 25.0. The van der Waals surface area contributed by atoms with Gasteiger partial charge in [0.15, 0.2) is 5.11 Å². The highest BCUT2D eigenvalue weighted by Crippen LogP contribution is 2.24. The van der Waals surface area contributed by atoms with Crippen LogP contribution in [0.4, 0.5) is 5.69 Å². The standard InChI is InChI=1S/C28H40N2O3S/c1-6-7-8-9-18-32-24-15-13-23(14-16-24)29-27(34)30-26(31)28(4,5)17-10-19-33-25-20-21(2)11-12-22(25)3/h11-16,20H,6-10,17-19H2,1-5H3,(H2,29,30,31,34). The Labute approximate surface area is 210 Å². The van der Waals surface area contributed by atoms with Crippen molar-refractivity contribution in [3.05, 3.63) is 53.6 Å². The van der Waals surface area contributed by atoms with E-state index in [4.69, 9.17) is 21.7 Å². The molecule has 2 N–H and O–H groups in total. The molecule has 6 heteroatoms. The van der Waals surface area contributed by atoms with E-state index in [1.165, 1.54) is 24.8 Å². The second-order valence-electron chi connectivity index (χ2n) is 9.45. The van der Waals surface area contributed by atoms with Crippen LogP contribution < -0.4 is 20.1 Å². The van der Waals surface area contributed by atoms with E-state index < -0.39 is 5.41 Å². The first kappa shape index (κ1) is 27.6. The van der Waals surface area contributed by atoms with Gasteiger partial charge < -0.3 is 20.1 Å². The maximum Gasteiger partial charge on any atom is 0.231 e. The van der Waals surface area contributed by atoms with Gasteiger partial charge in [-0.2, -0.15) is 0 Å². The zero-order valence-electron chi connectivity index (χ0n) is 21.3. The summed E-state index contributed by atoms with van der Waals surface area (Å²) in [7, 11) is 0. The molecule has 0 saturated carbocycles. The van der Waals surface area contributed by atoms with Gasteiger partial charge in [0.05, 0.1) is 13.2 Å². The summed E-state index contributed by atoms with van der Waals surface area (Å²) in [4.78, 5) is 12.8. The first-order valence-electron chi connectivity index (χ1n) is 12.3. The lowest BCUT2D eigenvalue weighted by Crippen LogP contribution is -2.42. The molecule has 2 aromatic rings. The summed E-state index contributed by atoms with van der Waals surface area (Å²) >= 11 is 5.35. The average molecular weight is 485 g/mol. The van der Waals surface area contributed by atoms with E-state index in [9.17, 15) is 4.79 Å². The van der Waals surface area contributed by atoms with Gasteiger partial charge in [-0.25, -0.2) is 0 Å². The predicted octanol–water partition coefficient (Wildman–Crippen LogP) is 6.96. The second kappa shape index (κ2) is 14.0. The second-order valence-corrected chi connectivity index (χ2v) is 9.85. The fourth-order valence-electron chi connectivity index (χ4n) is 3.46. The summed E-state index contributed by atoms with van der Waals surface area (Å²) in [5, 5.41) is 6.19. The van der Waals surface area contributed by atoms with Crippen LogP contribution in [-0.4, -0.2) is 24.2 Å². The smallest absolute Gasteiger partial charge is 0.231 e. The molecule has 0 unspecified atom stereocenters. The first-order valence-corrected chi connectivity index (χ1v) is 12.7. The SMILES string of the molecule is CCCCCCOc1ccc(NC(=S)NC(=O)C(C)(C)CCCOc2cc(C)ccc2C)cc1. The van der Waals surface area contributed by atoms with Gasteiger partial charge >= 0.3 is 0 Å². The highest BCUT2D eigenvalue weighted by atomic mass is 32.1. The maximum absolute atomic E-state index is 12.8. The molecule has 0 aliphatic carbocycles. The van der Waals surface area contributed by atoms with Crippen LogP contribution in [0.3, 0.4) is 0 Å². The molecule has 0 aliphatic rings. The minimum Gasteiger partial charge on any atom is -0.494 e. The minimum atomic E-state index is -0.563. The number of carbonyl (C=O) groups excluding carboxylic acids is 1. The molecule has 0 heterocycles. The lowest BCUT2D eigenvalue weighted by molar-refractivity contribution is -0.128. The molecule has 1 amide bonds. The number of benzene rings is 2. The van der Waals surface area contributed by atoms with Crippen LogP contribution in [0, 0.1) is 19.3 Å². The fraction of sp³-hybridized carbons (Fsp3) is 0.500. The van der Waals surface area contributed by atoms with E-state index in [1.54, 1.807) is 0 Å². The third-order valence-corrected chi connectivity index (χ3v) is 5.97. The summed E-state index contributed by atoms with van der Waals surface area (Å²) in [5.41, 5.74) is 2.53. The van der Waals surface area contributed by atoms with Crippen molar-refractivity contribution in [2.24, 2.45) is 5.41 Å². The summed E-state index contributed by atoms with van der Waals surface area (Å²) in [5.74, 6) is 1.63. The molecule has 0 atom stereocenters. The van der Waals surface area contributed by atoms with E-state index >= 15 is 0 Å². The van der Waals surface area contributed by atoms with Crippen molar-refractivity contribution < 1.29 is 14.3 Å². The van der Waals surface area contributed by atoms with Gasteiger partial charge in [-0.15, -0.1) is 0 Å². The monoisotopic (exact) mass is 484 g/mol. The first-order chi connectivity index (χ1) is 16.2. The molecule has 2 rings (SSSR count). The fourth-order valence-corrected chi connectivity index (χ4v) is 3.67. The van der Waals surface area contributed by atoms with Crippen LogP contribution in [-0.2, 0) is 4.79 Å². The third kappa shape index (κ3) is 9.72. The van der Waals surface area contributed by atoms with Crippen LogP contribution in [0.15, 0.2) is 42.5 Å². The van der Waals surface area contributed by atoms with Crippen molar-refractivity contribution in [2.75, 3.05) is 18.5 Å². The summed E-state index contributed by atoms with van der Waals surface area (Å²) in [6.45, 7) is 11.4. The third-order valence-electron chi connectivity index (χ3n) is 5.77. The Balaban J connectivity index is 1.72. The summed E-state index contributed by atoms with van der Waals surface area (Å²) in [6.07, 6.45) is 6.19. The molecule has 0 aliphatic heterocycles. The van der Waals surface area contributed by atoms with Crippen LogP contribution in [0.1, 0.15) is 70.4 Å². The molecule has 0 fully saturated rings. The van der Waals surface area contributed by atoms with Crippen molar-refractivity contribution in [2.45, 2.75) is 73.1 Å². The van der Waals surface area contributed by atoms with Crippen LogP contribution in [0.2, 0.25) is 0 Å². The number of unbranched alkanes of at least 4 members (excludes halogenated alkanes) is 3. The van der Waals surface area contributed by atoms with Gasteiger partial charge in [0, 0.05) is 11.1 Å². The Morgan fingerprint density at radius 2 is 1.65 bits per heavy atom. The maximum atomic E-state index is 12.8. The molecular formula is C28H40N2O3S. The number of rotatable bonds is 13. The van der Waals surface area contributed by atoms with E-state index in [1.807, 2.05) is 51.1 Å². The van der Waals surface area contributed by atoms with E-state index in [2.05, 4.69) is 36.6 Å². The number of ether oxygens (including phenoxy) is 2. The van der Waals surface area contributed by atoms with Gasteiger partial charge in [-0.1, -0.05) is 52.2 Å². The number of hydrogen-bond donors (Lipinski definition) is 2. The number of aryl methyl sites for hydroxylation is 2. The number of hydrogen-bond acceptors (Lipinski definition) is 4. The lowest BCUT2D eigenvalue weighted by atomic mass is 9.87. The Bertz CT molecular complexity index is 926. The van der Waals surface area contributed by atoms with Crippen LogP contribution >= 0.6 is 12.2 Å². The molecule has 0 spiro atoms. The predicted molar refractivity (Wildman–Crippen MR) is 145 cm³/mol. The molecular weight excluding hydrogens is 444 g/mol. The molecule has 0 radical (unpaired) electrons.